The van der Waals surface area contributed by atoms with Crippen molar-refractivity contribution in [2.75, 3.05) is 0 Å². The third-order valence-corrected chi connectivity index (χ3v) is 6.89. The van der Waals surface area contributed by atoms with Gasteiger partial charge in [0.25, 0.3) is 0 Å². The zero-order valence-corrected chi connectivity index (χ0v) is 20.4. The minimum absolute atomic E-state index is 0.0831. The first-order valence-corrected chi connectivity index (χ1v) is 11.9. The number of carboxylic acid groups (broad SMARTS) is 1. The lowest BCUT2D eigenvalue weighted by Gasteiger charge is -2.28. The van der Waals surface area contributed by atoms with Crippen LogP contribution in [0.2, 0.25) is 0 Å². The van der Waals surface area contributed by atoms with Crippen LogP contribution in [0.5, 0.6) is 0 Å². The van der Waals surface area contributed by atoms with Gasteiger partial charge in [-0.25, -0.2) is 4.79 Å². The molecule has 2 N–H and O–H groups in total. The van der Waals surface area contributed by atoms with E-state index in [1.807, 2.05) is 49.4 Å². The third kappa shape index (κ3) is 4.31. The lowest BCUT2D eigenvalue weighted by molar-refractivity contribution is 0.0697. The number of nitrogens with zero attached hydrogens (tertiary/aromatic N) is 3. The number of nitrogens with one attached hydrogen (secondary N) is 1. The van der Waals surface area contributed by atoms with Gasteiger partial charge in [-0.15, -0.1) is 0 Å². The maximum Gasteiger partial charge on any atom is 0.335 e. The van der Waals surface area contributed by atoms with E-state index in [0.29, 0.717) is 11.7 Å². The van der Waals surface area contributed by atoms with Crippen LogP contribution in [0.25, 0.3) is 5.69 Å². The molecular weight excluding hydrogens is 456 g/mol. The van der Waals surface area contributed by atoms with Gasteiger partial charge in [-0.2, -0.15) is 0 Å². The number of aryl methyl sites for hydroxylation is 1. The topological polar surface area (TPSA) is 70.4 Å². The molecule has 1 saturated heterocycles. The van der Waals surface area contributed by atoms with Gasteiger partial charge >= 0.3 is 5.97 Å². The van der Waals surface area contributed by atoms with Crippen molar-refractivity contribution in [1.29, 1.82) is 0 Å². The second-order valence-corrected chi connectivity index (χ2v) is 9.14. The molecule has 0 unspecified atom stereocenters. The Labute approximate surface area is 209 Å². The molecule has 2 aromatic carbocycles. The number of carbonyl (C=O) groups is 1. The summed E-state index contributed by atoms with van der Waals surface area (Å²) in [5.41, 5.74) is 6.38. The van der Waals surface area contributed by atoms with E-state index in [2.05, 4.69) is 44.9 Å². The van der Waals surface area contributed by atoms with Crippen LogP contribution >= 0.6 is 12.2 Å². The van der Waals surface area contributed by atoms with E-state index in [4.69, 9.17) is 12.2 Å². The Hall–Kier alpha value is -3.97. The van der Waals surface area contributed by atoms with E-state index in [1.165, 1.54) is 5.56 Å². The van der Waals surface area contributed by atoms with Crippen LogP contribution in [0.1, 0.15) is 50.7 Å². The summed E-state index contributed by atoms with van der Waals surface area (Å²) in [5, 5.41) is 13.7. The summed E-state index contributed by atoms with van der Waals surface area (Å²) in [6, 6.07) is 25.2. The molecule has 176 valence electrons. The number of aromatic nitrogens is 2. The van der Waals surface area contributed by atoms with Gasteiger partial charge in [-0.1, -0.05) is 42.5 Å². The zero-order chi connectivity index (χ0) is 24.5. The summed E-state index contributed by atoms with van der Waals surface area (Å²) in [6.45, 7) is 4.79. The summed E-state index contributed by atoms with van der Waals surface area (Å²) < 4.78 is 2.11. The van der Waals surface area contributed by atoms with Crippen molar-refractivity contribution in [3.8, 4) is 5.69 Å². The molecule has 35 heavy (non-hydrogen) atoms. The highest BCUT2D eigenvalue weighted by Gasteiger charge is 2.41. The van der Waals surface area contributed by atoms with E-state index in [1.54, 1.807) is 24.4 Å². The van der Waals surface area contributed by atoms with E-state index < -0.39 is 5.97 Å². The first kappa shape index (κ1) is 22.8. The second-order valence-electron chi connectivity index (χ2n) is 8.76. The average molecular weight is 483 g/mol. The summed E-state index contributed by atoms with van der Waals surface area (Å²) in [6.07, 6.45) is 1.80. The molecule has 4 aromatic rings. The molecule has 7 heteroatoms. The van der Waals surface area contributed by atoms with Crippen molar-refractivity contribution in [3.63, 3.8) is 0 Å². The van der Waals surface area contributed by atoms with E-state index in [9.17, 15) is 9.90 Å². The van der Waals surface area contributed by atoms with Gasteiger partial charge in [0.05, 0.1) is 23.3 Å². The normalized spacial score (nSPS) is 17.4. The van der Waals surface area contributed by atoms with Crippen LogP contribution in [0.3, 0.4) is 0 Å². The van der Waals surface area contributed by atoms with Crippen LogP contribution in [0.15, 0.2) is 85.1 Å². The Morgan fingerprint density at radius 1 is 1.03 bits per heavy atom. The summed E-state index contributed by atoms with van der Waals surface area (Å²) in [4.78, 5) is 18.4. The number of hydrogen-bond acceptors (Lipinski definition) is 3. The predicted molar refractivity (Wildman–Crippen MR) is 140 cm³/mol. The van der Waals surface area contributed by atoms with Crippen molar-refractivity contribution in [1.82, 2.24) is 19.8 Å². The zero-order valence-electron chi connectivity index (χ0n) is 19.6. The van der Waals surface area contributed by atoms with Crippen molar-refractivity contribution < 1.29 is 9.90 Å². The van der Waals surface area contributed by atoms with Gasteiger partial charge in [0.15, 0.2) is 5.11 Å². The van der Waals surface area contributed by atoms with Crippen molar-refractivity contribution in [2.45, 2.75) is 32.5 Å². The minimum Gasteiger partial charge on any atom is -0.478 e. The molecule has 0 radical (unpaired) electrons. The molecule has 5 rings (SSSR count). The Bertz CT molecular complexity index is 1380. The highest BCUT2D eigenvalue weighted by Crippen LogP contribution is 2.42. The Morgan fingerprint density at radius 3 is 2.51 bits per heavy atom. The van der Waals surface area contributed by atoms with Gasteiger partial charge in [0.1, 0.15) is 0 Å². The molecule has 0 spiro atoms. The Morgan fingerprint density at radius 2 is 1.80 bits per heavy atom. The number of pyridine rings is 1. The van der Waals surface area contributed by atoms with Crippen LogP contribution < -0.4 is 5.32 Å². The number of hydrogen-bond donors (Lipinski definition) is 2. The van der Waals surface area contributed by atoms with Gasteiger partial charge < -0.3 is 19.9 Å². The van der Waals surface area contributed by atoms with Crippen molar-refractivity contribution >= 4 is 23.3 Å². The fraction of sp³-hybridized carbons (Fsp3) is 0.179. The molecule has 1 fully saturated rings. The minimum atomic E-state index is -0.941. The van der Waals surface area contributed by atoms with Gasteiger partial charge in [-0.3, -0.25) is 4.98 Å². The first-order chi connectivity index (χ1) is 16.9. The molecule has 0 bridgehead atoms. The molecule has 0 aliphatic carbocycles. The monoisotopic (exact) mass is 482 g/mol. The standard InChI is InChI=1S/C28H26N4O2S/c1-18-15-23(19(2)32(18)22-12-8-11-21(16-22)27(33)34)26-25(24-13-6-7-14-29-24)30-28(35)31(26)17-20-9-4-3-5-10-20/h3-16,25-26H,17H2,1-2H3,(H,30,35)(H,33,34)/t25-,26-/m1/s1. The lowest BCUT2D eigenvalue weighted by atomic mass is 9.96. The highest BCUT2D eigenvalue weighted by molar-refractivity contribution is 7.80. The van der Waals surface area contributed by atoms with Crippen molar-refractivity contribution in [2.24, 2.45) is 0 Å². The molecule has 2 atom stereocenters. The van der Waals surface area contributed by atoms with Crippen LogP contribution in [-0.2, 0) is 6.54 Å². The molecule has 6 nitrogen and oxygen atoms in total. The van der Waals surface area contributed by atoms with E-state index in [0.717, 1.165) is 28.3 Å². The fourth-order valence-corrected chi connectivity index (χ4v) is 5.26. The summed E-state index contributed by atoms with van der Waals surface area (Å²) in [5.74, 6) is -0.941. The number of aromatic carboxylic acids is 1. The number of carboxylic acids is 1. The third-order valence-electron chi connectivity index (χ3n) is 6.53. The maximum absolute atomic E-state index is 11.6. The van der Waals surface area contributed by atoms with Crippen LogP contribution in [0.4, 0.5) is 0 Å². The van der Waals surface area contributed by atoms with Gasteiger partial charge in [0.2, 0.25) is 0 Å². The van der Waals surface area contributed by atoms with E-state index in [-0.39, 0.29) is 17.6 Å². The average Bonchev–Trinajstić information content (AvgIpc) is 3.35. The largest absolute Gasteiger partial charge is 0.478 e. The van der Waals surface area contributed by atoms with Gasteiger partial charge in [-0.05, 0) is 73.6 Å². The van der Waals surface area contributed by atoms with Crippen LogP contribution in [0, 0.1) is 13.8 Å². The molecule has 3 heterocycles. The van der Waals surface area contributed by atoms with E-state index >= 15 is 0 Å². The number of thiocarbonyl (C=S) groups is 1. The molecule has 2 aromatic heterocycles. The van der Waals surface area contributed by atoms with Crippen LogP contribution in [-0.4, -0.2) is 30.6 Å². The predicted octanol–water partition coefficient (Wildman–Crippen LogP) is 5.36. The highest BCUT2D eigenvalue weighted by atomic mass is 32.1. The second kappa shape index (κ2) is 9.35. The lowest BCUT2D eigenvalue weighted by Crippen LogP contribution is -2.29. The molecule has 0 amide bonds. The van der Waals surface area contributed by atoms with Gasteiger partial charge in [0, 0.05) is 29.8 Å². The maximum atomic E-state index is 11.6. The quantitative estimate of drug-likeness (QED) is 0.361. The Balaban J connectivity index is 1.62. The Kier molecular flexibility index (Phi) is 6.09. The number of benzene rings is 2. The molecule has 1 aliphatic heterocycles. The molecular formula is C28H26N4O2S. The SMILES string of the molecule is Cc1cc([C@@H]2[C@@H](c3ccccn3)NC(=S)N2Cc2ccccc2)c(C)n1-c1cccc(C(=O)O)c1. The van der Waals surface area contributed by atoms with Crippen molar-refractivity contribution in [3.05, 3.63) is 119 Å². The smallest absolute Gasteiger partial charge is 0.335 e. The summed E-state index contributed by atoms with van der Waals surface area (Å²) in [7, 11) is 0. The fourth-order valence-electron chi connectivity index (χ4n) is 4.96. The molecule has 0 saturated carbocycles. The summed E-state index contributed by atoms with van der Waals surface area (Å²) >= 11 is 5.83. The molecule has 1 aliphatic rings. The first-order valence-electron chi connectivity index (χ1n) is 11.5. The number of rotatable bonds is 6.